The average Bonchev–Trinajstić information content (AvgIpc) is 3.16. The van der Waals surface area contributed by atoms with Crippen molar-refractivity contribution in [2.75, 3.05) is 6.54 Å². The standard InChI is InChI=1S/C21H23NO/c1-3-16-7-11-18(12-8-16)21(23,20-6-5-15-22-20)19-13-9-17(4-2)10-14-19/h3-4,7-14,20,22-23H,1-2,5-6,15H2. The van der Waals surface area contributed by atoms with Gasteiger partial charge < -0.3 is 10.4 Å². The SMILES string of the molecule is C=Cc1ccc(C(O)(c2ccc(C=C)cc2)C2CCCN2)cc1. The second kappa shape index (κ2) is 6.53. The van der Waals surface area contributed by atoms with Crippen molar-refractivity contribution in [3.63, 3.8) is 0 Å². The molecule has 0 amide bonds. The molecular weight excluding hydrogens is 282 g/mol. The molecule has 1 fully saturated rings. The number of hydrogen-bond donors (Lipinski definition) is 2. The van der Waals surface area contributed by atoms with Crippen LogP contribution in [-0.2, 0) is 5.60 Å². The van der Waals surface area contributed by atoms with Crippen molar-refractivity contribution in [2.45, 2.75) is 24.5 Å². The van der Waals surface area contributed by atoms with Crippen LogP contribution in [0, 0.1) is 0 Å². The topological polar surface area (TPSA) is 32.3 Å². The molecule has 23 heavy (non-hydrogen) atoms. The summed E-state index contributed by atoms with van der Waals surface area (Å²) >= 11 is 0. The van der Waals surface area contributed by atoms with Gasteiger partial charge in [0.1, 0.15) is 5.60 Å². The molecule has 0 aromatic heterocycles. The molecule has 1 heterocycles. The summed E-state index contributed by atoms with van der Waals surface area (Å²) in [5.41, 5.74) is 2.90. The molecule has 1 atom stereocenters. The van der Waals surface area contributed by atoms with Crippen molar-refractivity contribution >= 4 is 12.2 Å². The molecule has 0 radical (unpaired) electrons. The molecule has 0 saturated carbocycles. The van der Waals surface area contributed by atoms with Crippen LogP contribution in [-0.4, -0.2) is 17.7 Å². The third-order valence-electron chi connectivity index (χ3n) is 4.74. The number of benzene rings is 2. The van der Waals surface area contributed by atoms with Gasteiger partial charge in [-0.3, -0.25) is 0 Å². The molecule has 2 aromatic rings. The number of aliphatic hydroxyl groups is 1. The summed E-state index contributed by atoms with van der Waals surface area (Å²) in [5, 5.41) is 15.1. The van der Waals surface area contributed by atoms with E-state index in [0.717, 1.165) is 41.6 Å². The fraction of sp³-hybridized carbons (Fsp3) is 0.238. The molecule has 1 unspecified atom stereocenters. The van der Waals surface area contributed by atoms with Gasteiger partial charge in [-0.05, 0) is 41.6 Å². The van der Waals surface area contributed by atoms with Crippen LogP contribution in [0.5, 0.6) is 0 Å². The van der Waals surface area contributed by atoms with Crippen LogP contribution in [0.2, 0.25) is 0 Å². The highest BCUT2D eigenvalue weighted by atomic mass is 16.3. The summed E-state index contributed by atoms with van der Waals surface area (Å²) in [4.78, 5) is 0. The van der Waals surface area contributed by atoms with Gasteiger partial charge in [0.05, 0.1) is 0 Å². The van der Waals surface area contributed by atoms with Crippen molar-refractivity contribution in [3.8, 4) is 0 Å². The molecule has 1 aliphatic heterocycles. The number of hydrogen-bond acceptors (Lipinski definition) is 2. The molecular formula is C21H23NO. The van der Waals surface area contributed by atoms with Gasteiger partial charge in [0, 0.05) is 6.04 Å². The Kier molecular flexibility index (Phi) is 4.46. The van der Waals surface area contributed by atoms with E-state index >= 15 is 0 Å². The zero-order valence-corrected chi connectivity index (χ0v) is 13.3. The van der Waals surface area contributed by atoms with Gasteiger partial charge in [-0.2, -0.15) is 0 Å². The molecule has 2 aromatic carbocycles. The Morgan fingerprint density at radius 2 is 1.39 bits per heavy atom. The molecule has 1 saturated heterocycles. The van der Waals surface area contributed by atoms with Gasteiger partial charge in [-0.15, -0.1) is 0 Å². The van der Waals surface area contributed by atoms with Crippen molar-refractivity contribution in [2.24, 2.45) is 0 Å². The lowest BCUT2D eigenvalue weighted by Gasteiger charge is -2.35. The van der Waals surface area contributed by atoms with E-state index in [1.165, 1.54) is 0 Å². The maximum atomic E-state index is 11.7. The third kappa shape index (κ3) is 2.88. The number of nitrogens with one attached hydrogen (secondary N) is 1. The van der Waals surface area contributed by atoms with E-state index in [9.17, 15) is 5.11 Å². The highest BCUT2D eigenvalue weighted by Crippen LogP contribution is 2.37. The minimum Gasteiger partial charge on any atom is -0.379 e. The summed E-state index contributed by atoms with van der Waals surface area (Å²) in [7, 11) is 0. The van der Waals surface area contributed by atoms with Crippen LogP contribution >= 0.6 is 0 Å². The van der Waals surface area contributed by atoms with Crippen molar-refractivity contribution in [3.05, 3.63) is 83.9 Å². The number of rotatable bonds is 5. The van der Waals surface area contributed by atoms with E-state index in [-0.39, 0.29) is 6.04 Å². The van der Waals surface area contributed by atoms with Gasteiger partial charge in [0.25, 0.3) is 0 Å². The molecule has 2 nitrogen and oxygen atoms in total. The third-order valence-corrected chi connectivity index (χ3v) is 4.74. The zero-order chi connectivity index (χ0) is 16.3. The Morgan fingerprint density at radius 1 is 0.913 bits per heavy atom. The predicted molar refractivity (Wildman–Crippen MR) is 97.1 cm³/mol. The summed E-state index contributed by atoms with van der Waals surface area (Å²) < 4.78 is 0. The van der Waals surface area contributed by atoms with E-state index in [0.29, 0.717) is 0 Å². The molecule has 3 rings (SSSR count). The molecule has 1 aliphatic rings. The summed E-state index contributed by atoms with van der Waals surface area (Å²) in [6, 6.07) is 16.0. The minimum atomic E-state index is -1.03. The lowest BCUT2D eigenvalue weighted by molar-refractivity contribution is 0.0442. The predicted octanol–water partition coefficient (Wildman–Crippen LogP) is 3.96. The van der Waals surface area contributed by atoms with Gasteiger partial charge in [-0.1, -0.05) is 73.8 Å². The normalized spacial score (nSPS) is 17.9. The zero-order valence-electron chi connectivity index (χ0n) is 13.3. The Bertz CT molecular complexity index is 627. The lowest BCUT2D eigenvalue weighted by atomic mass is 9.79. The van der Waals surface area contributed by atoms with Gasteiger partial charge in [0.15, 0.2) is 0 Å². The molecule has 0 spiro atoms. The summed E-state index contributed by atoms with van der Waals surface area (Å²) in [6.07, 6.45) is 5.68. The van der Waals surface area contributed by atoms with Crippen LogP contribution < -0.4 is 5.32 Å². The molecule has 2 heteroatoms. The van der Waals surface area contributed by atoms with Crippen molar-refractivity contribution in [1.29, 1.82) is 0 Å². The van der Waals surface area contributed by atoms with Gasteiger partial charge >= 0.3 is 0 Å². The first-order valence-corrected chi connectivity index (χ1v) is 8.10. The molecule has 0 bridgehead atoms. The summed E-state index contributed by atoms with van der Waals surface area (Å²) in [6.45, 7) is 8.53. The summed E-state index contributed by atoms with van der Waals surface area (Å²) in [5.74, 6) is 0. The maximum Gasteiger partial charge on any atom is 0.130 e. The second-order valence-corrected chi connectivity index (χ2v) is 6.07. The van der Waals surface area contributed by atoms with Crippen LogP contribution in [0.1, 0.15) is 35.1 Å². The lowest BCUT2D eigenvalue weighted by Crippen LogP contribution is -2.46. The Morgan fingerprint density at radius 3 is 1.74 bits per heavy atom. The molecule has 0 aliphatic carbocycles. The monoisotopic (exact) mass is 305 g/mol. The molecule has 2 N–H and O–H groups in total. The average molecular weight is 305 g/mol. The van der Waals surface area contributed by atoms with E-state index in [1.54, 1.807) is 0 Å². The van der Waals surface area contributed by atoms with Crippen LogP contribution in [0.15, 0.2) is 61.7 Å². The minimum absolute atomic E-state index is 0.0201. The first-order chi connectivity index (χ1) is 11.2. The van der Waals surface area contributed by atoms with Crippen molar-refractivity contribution < 1.29 is 5.11 Å². The second-order valence-electron chi connectivity index (χ2n) is 6.07. The van der Waals surface area contributed by atoms with Gasteiger partial charge in [-0.25, -0.2) is 0 Å². The van der Waals surface area contributed by atoms with Crippen molar-refractivity contribution in [1.82, 2.24) is 5.32 Å². The van der Waals surface area contributed by atoms with Crippen LogP contribution in [0.25, 0.3) is 12.2 Å². The highest BCUT2D eigenvalue weighted by molar-refractivity contribution is 5.52. The van der Waals surface area contributed by atoms with E-state index in [4.69, 9.17) is 0 Å². The quantitative estimate of drug-likeness (QED) is 0.876. The first kappa shape index (κ1) is 15.7. The van der Waals surface area contributed by atoms with E-state index in [1.807, 2.05) is 60.7 Å². The van der Waals surface area contributed by atoms with Crippen LogP contribution in [0.3, 0.4) is 0 Å². The smallest absolute Gasteiger partial charge is 0.130 e. The van der Waals surface area contributed by atoms with Gasteiger partial charge in [0.2, 0.25) is 0 Å². The highest BCUT2D eigenvalue weighted by Gasteiger charge is 2.41. The van der Waals surface area contributed by atoms with Crippen LogP contribution in [0.4, 0.5) is 0 Å². The fourth-order valence-electron chi connectivity index (χ4n) is 3.36. The largest absolute Gasteiger partial charge is 0.379 e. The Labute approximate surface area is 138 Å². The first-order valence-electron chi connectivity index (χ1n) is 8.10. The van der Waals surface area contributed by atoms with E-state index in [2.05, 4.69) is 18.5 Å². The molecule has 118 valence electrons. The Balaban J connectivity index is 2.08. The Hall–Kier alpha value is -2.16. The maximum absolute atomic E-state index is 11.7. The fourth-order valence-corrected chi connectivity index (χ4v) is 3.36. The van der Waals surface area contributed by atoms with E-state index < -0.39 is 5.60 Å².